The van der Waals surface area contributed by atoms with Gasteiger partial charge >= 0.3 is 33.4 Å². The summed E-state index contributed by atoms with van der Waals surface area (Å²) >= 11 is 0. The number of para-hydroxylation sites is 1. The Morgan fingerprint density at radius 3 is 1.50 bits per heavy atom. The van der Waals surface area contributed by atoms with Gasteiger partial charge in [0.25, 0.3) is 0 Å². The number of hydrogen-bond donors (Lipinski definition) is 1. The molecule has 1 aromatic carbocycles. The fourth-order valence-corrected chi connectivity index (χ4v) is 1.02. The third-order valence-corrected chi connectivity index (χ3v) is 1.98. The number of fused-ring (bicyclic) bond motifs is 1. The van der Waals surface area contributed by atoms with Gasteiger partial charge in [-0.2, -0.15) is 26.3 Å². The number of carbonyl (C=O) groups is 2. The molecular weight excluding hydrogens is 557 g/mol. The molecule has 1 heterocycles. The first-order valence-corrected chi connectivity index (χ1v) is 5.71. The molecule has 0 aliphatic heterocycles. The van der Waals surface area contributed by atoms with Crippen molar-refractivity contribution >= 4 is 22.8 Å². The summed E-state index contributed by atoms with van der Waals surface area (Å²) in [5.74, 6) is -6.01. The SMILES string of the molecule is N.O=C([O-])C(F)(F)F.O=C([O-])C(F)(F)F.[Pt+2].c1ccc2ncccc2c1. The Bertz CT molecular complexity index is 605. The molecule has 2 rings (SSSR count). The van der Waals surface area contributed by atoms with E-state index in [2.05, 4.69) is 17.1 Å². The minimum Gasteiger partial charge on any atom is -0.542 e. The molecule has 0 saturated heterocycles. The molecule has 148 valence electrons. The summed E-state index contributed by atoms with van der Waals surface area (Å²) in [5.41, 5.74) is 1.06. The van der Waals surface area contributed by atoms with E-state index in [1.54, 1.807) is 0 Å². The number of carboxylic acids is 2. The summed E-state index contributed by atoms with van der Waals surface area (Å²) in [7, 11) is 0. The van der Waals surface area contributed by atoms with Gasteiger partial charge in [-0.15, -0.1) is 0 Å². The van der Waals surface area contributed by atoms with Crippen molar-refractivity contribution in [2.24, 2.45) is 0 Å². The maximum atomic E-state index is 10.5. The Labute approximate surface area is 156 Å². The average Bonchev–Trinajstić information content (AvgIpc) is 2.46. The van der Waals surface area contributed by atoms with Gasteiger partial charge in [-0.1, -0.05) is 24.3 Å². The zero-order chi connectivity index (χ0) is 19.0. The number of halogens is 6. The van der Waals surface area contributed by atoms with E-state index in [0.29, 0.717) is 0 Å². The first kappa shape index (κ1) is 28.6. The number of pyridine rings is 1. The summed E-state index contributed by atoms with van der Waals surface area (Å²) in [6.45, 7) is 0. The predicted molar refractivity (Wildman–Crippen MR) is 68.9 cm³/mol. The van der Waals surface area contributed by atoms with E-state index >= 15 is 0 Å². The second kappa shape index (κ2) is 12.2. The third kappa shape index (κ3) is 12.2. The number of aliphatic carboxylic acids is 2. The maximum Gasteiger partial charge on any atom is 2.00 e. The summed E-state index contributed by atoms with van der Waals surface area (Å²) < 4.78 is 63.1. The fourth-order valence-electron chi connectivity index (χ4n) is 1.02. The number of alkyl halides is 6. The Kier molecular flexibility index (Phi) is 13.4. The number of hydrogen-bond acceptors (Lipinski definition) is 6. The molecule has 2 aromatic rings. The second-order valence-electron chi connectivity index (χ2n) is 3.77. The van der Waals surface area contributed by atoms with E-state index in [4.69, 9.17) is 19.8 Å². The quantitative estimate of drug-likeness (QED) is 0.474. The first-order chi connectivity index (χ1) is 10.9. The maximum absolute atomic E-state index is 10.5. The van der Waals surface area contributed by atoms with Gasteiger partial charge < -0.3 is 26.0 Å². The van der Waals surface area contributed by atoms with Crippen LogP contribution in [-0.4, -0.2) is 29.3 Å². The monoisotopic (exact) mass is 567 g/mol. The largest absolute Gasteiger partial charge is 2.00 e. The molecule has 0 amide bonds. The fraction of sp³-hybridized carbons (Fsp3) is 0.154. The molecule has 0 saturated carbocycles. The van der Waals surface area contributed by atoms with Crippen LogP contribution < -0.4 is 16.4 Å². The Morgan fingerprint density at radius 1 is 0.808 bits per heavy atom. The van der Waals surface area contributed by atoms with Crippen molar-refractivity contribution < 1.29 is 67.2 Å². The zero-order valence-corrected chi connectivity index (χ0v) is 14.7. The van der Waals surface area contributed by atoms with Gasteiger partial charge in [0.05, 0.1) is 5.52 Å². The molecule has 0 atom stereocenters. The van der Waals surface area contributed by atoms with E-state index in [9.17, 15) is 26.3 Å². The van der Waals surface area contributed by atoms with Crippen LogP contribution in [0.5, 0.6) is 0 Å². The second-order valence-corrected chi connectivity index (χ2v) is 3.77. The molecule has 0 bridgehead atoms. The number of nitrogens with zero attached hydrogens (tertiary/aromatic N) is 1. The Morgan fingerprint density at radius 2 is 1.15 bits per heavy atom. The van der Waals surface area contributed by atoms with Crippen LogP contribution >= 0.6 is 0 Å². The number of benzene rings is 1. The summed E-state index contributed by atoms with van der Waals surface area (Å²) in [6, 6.07) is 12.1. The number of aromatic nitrogens is 1. The minimum atomic E-state index is -5.19. The summed E-state index contributed by atoms with van der Waals surface area (Å²) in [6.07, 6.45) is -8.58. The van der Waals surface area contributed by atoms with E-state index < -0.39 is 24.3 Å². The van der Waals surface area contributed by atoms with Gasteiger partial charge in [0, 0.05) is 11.6 Å². The Balaban J connectivity index is -0.000000303. The first-order valence-electron chi connectivity index (χ1n) is 5.71. The van der Waals surface area contributed by atoms with Crippen molar-refractivity contribution in [1.82, 2.24) is 11.1 Å². The minimum absolute atomic E-state index is 0. The van der Waals surface area contributed by atoms with Gasteiger partial charge in [0.2, 0.25) is 0 Å². The number of carbonyl (C=O) groups excluding carboxylic acids is 2. The normalized spacial score (nSPS) is 9.92. The smallest absolute Gasteiger partial charge is 0.542 e. The standard InChI is InChI=1S/C9H7N.2C2HF3O2.H3N.Pt/c1-2-6-9-8(4-1)5-3-7-10-9;2*3-2(4,5)1(6)7;;/h1-7H;2*(H,6,7);1H3;/q;;;;+2/p-2. The van der Waals surface area contributed by atoms with Gasteiger partial charge in [0.15, 0.2) is 0 Å². The molecule has 3 N–H and O–H groups in total. The molecular formula is C13H10F6N2O4Pt. The molecule has 0 spiro atoms. The molecule has 6 nitrogen and oxygen atoms in total. The van der Waals surface area contributed by atoms with Crippen LogP contribution in [0.4, 0.5) is 26.3 Å². The summed E-state index contributed by atoms with van der Waals surface area (Å²) in [5, 5.41) is 18.8. The third-order valence-electron chi connectivity index (χ3n) is 1.98. The van der Waals surface area contributed by atoms with Crippen molar-refractivity contribution in [3.05, 3.63) is 42.6 Å². The van der Waals surface area contributed by atoms with E-state index in [-0.39, 0.29) is 27.2 Å². The van der Waals surface area contributed by atoms with Crippen molar-refractivity contribution in [2.45, 2.75) is 12.4 Å². The van der Waals surface area contributed by atoms with Gasteiger partial charge in [0.1, 0.15) is 11.9 Å². The van der Waals surface area contributed by atoms with Crippen molar-refractivity contribution in [3.63, 3.8) is 0 Å². The van der Waals surface area contributed by atoms with Gasteiger partial charge in [-0.25, -0.2) is 0 Å². The number of rotatable bonds is 0. The molecule has 0 aliphatic rings. The molecule has 0 radical (unpaired) electrons. The Hall–Kier alpha value is -2.20. The molecule has 0 unspecified atom stereocenters. The van der Waals surface area contributed by atoms with Crippen LogP contribution in [0.2, 0.25) is 0 Å². The van der Waals surface area contributed by atoms with Crippen molar-refractivity contribution in [2.75, 3.05) is 0 Å². The van der Waals surface area contributed by atoms with Crippen LogP contribution in [0.25, 0.3) is 10.9 Å². The molecule has 26 heavy (non-hydrogen) atoms. The van der Waals surface area contributed by atoms with Crippen LogP contribution in [0.15, 0.2) is 42.6 Å². The molecule has 0 aliphatic carbocycles. The van der Waals surface area contributed by atoms with E-state index in [1.165, 1.54) is 5.39 Å². The average molecular weight is 567 g/mol. The molecule has 0 fully saturated rings. The predicted octanol–water partition coefficient (Wildman–Crippen LogP) is 0.991. The van der Waals surface area contributed by atoms with Gasteiger partial charge in [-0.05, 0) is 12.1 Å². The molecule has 13 heteroatoms. The van der Waals surface area contributed by atoms with Crippen LogP contribution in [0.1, 0.15) is 0 Å². The topological polar surface area (TPSA) is 128 Å². The number of carboxylic acid groups (broad SMARTS) is 2. The van der Waals surface area contributed by atoms with Crippen LogP contribution in [0, 0.1) is 0 Å². The zero-order valence-electron chi connectivity index (χ0n) is 12.4. The van der Waals surface area contributed by atoms with Gasteiger partial charge in [-0.3, -0.25) is 4.98 Å². The van der Waals surface area contributed by atoms with Crippen LogP contribution in [0.3, 0.4) is 0 Å². The van der Waals surface area contributed by atoms with E-state index in [0.717, 1.165) is 5.52 Å². The van der Waals surface area contributed by atoms with Crippen LogP contribution in [-0.2, 0) is 30.7 Å². The van der Waals surface area contributed by atoms with Crippen molar-refractivity contribution in [1.29, 1.82) is 0 Å². The van der Waals surface area contributed by atoms with Crippen molar-refractivity contribution in [3.8, 4) is 0 Å². The van der Waals surface area contributed by atoms with E-state index in [1.807, 2.05) is 30.5 Å². The molecule has 1 aromatic heterocycles. The summed E-state index contributed by atoms with van der Waals surface area (Å²) in [4.78, 5) is 21.8.